The number of fused-ring (bicyclic) bond motifs is 1. The van der Waals surface area contributed by atoms with Crippen LogP contribution in [0, 0.1) is 11.8 Å². The van der Waals surface area contributed by atoms with Crippen LogP contribution in [0.1, 0.15) is 58.3 Å². The van der Waals surface area contributed by atoms with Crippen LogP contribution in [0.3, 0.4) is 0 Å². The topological polar surface area (TPSA) is 122 Å². The molecule has 164 valence electrons. The largest absolute Gasteiger partial charge is 0.452 e. The highest BCUT2D eigenvalue weighted by atomic mass is 16.5. The third-order valence-electron chi connectivity index (χ3n) is 5.99. The van der Waals surface area contributed by atoms with Crippen molar-refractivity contribution < 1.29 is 28.7 Å². The number of ether oxygens (including phenoxy) is 1. The molecular formula is C21H29N3O6. The molecule has 1 saturated heterocycles. The number of carbonyl (C=O) groups is 5. The number of allylic oxidation sites excluding steroid dienone is 2. The molecule has 0 aromatic heterocycles. The maximum atomic E-state index is 12.4. The first kappa shape index (κ1) is 22.0. The van der Waals surface area contributed by atoms with Crippen molar-refractivity contribution in [2.75, 3.05) is 6.54 Å². The molecule has 0 aromatic rings. The van der Waals surface area contributed by atoms with Crippen molar-refractivity contribution in [3.63, 3.8) is 0 Å². The van der Waals surface area contributed by atoms with Crippen LogP contribution in [0.25, 0.3) is 0 Å². The maximum absolute atomic E-state index is 12.4. The minimum Gasteiger partial charge on any atom is -0.452 e. The average molecular weight is 419 g/mol. The number of urea groups is 1. The fraction of sp³-hybridized carbons (Fsp3) is 0.667. The summed E-state index contributed by atoms with van der Waals surface area (Å²) in [6.45, 7) is 1.30. The van der Waals surface area contributed by atoms with E-state index >= 15 is 0 Å². The summed E-state index contributed by atoms with van der Waals surface area (Å²) >= 11 is 0. The Morgan fingerprint density at radius 3 is 2.27 bits per heavy atom. The number of amides is 5. The third-order valence-corrected chi connectivity index (χ3v) is 5.99. The molecule has 1 saturated carbocycles. The van der Waals surface area contributed by atoms with Crippen LogP contribution in [0.5, 0.6) is 0 Å². The second-order valence-electron chi connectivity index (χ2n) is 8.16. The minimum atomic E-state index is -1.16. The van der Waals surface area contributed by atoms with Crippen molar-refractivity contribution in [3.05, 3.63) is 12.2 Å². The van der Waals surface area contributed by atoms with Crippen molar-refractivity contribution in [2.24, 2.45) is 11.8 Å². The number of nitrogens with one attached hydrogen (secondary N) is 2. The first-order valence-electron chi connectivity index (χ1n) is 10.7. The molecule has 5 amide bonds. The van der Waals surface area contributed by atoms with Gasteiger partial charge in [0, 0.05) is 12.6 Å². The van der Waals surface area contributed by atoms with Gasteiger partial charge in [0.05, 0.1) is 18.3 Å². The summed E-state index contributed by atoms with van der Waals surface area (Å²) in [6.07, 6.45) is 8.53. The van der Waals surface area contributed by atoms with Gasteiger partial charge in [-0.25, -0.2) is 4.79 Å². The Labute approximate surface area is 175 Å². The van der Waals surface area contributed by atoms with Crippen LogP contribution in [-0.4, -0.2) is 53.3 Å². The molecule has 0 spiro atoms. The standard InChI is InChI=1S/C21H29N3O6/c1-13(18(26)23-21(29)22-14-7-3-2-4-8-14)30-17(25)11-12-24-19(27)15-9-5-6-10-16(15)20(24)28/h5-6,13-16H,2-4,7-12H2,1H3,(H2,22,23,26,29)/t13-,15+,16+/m1/s1. The SMILES string of the molecule is C[C@@H](OC(=O)CCN1C(=O)[C@H]2CC=CC[C@@H]2C1=O)C(=O)NC(=O)NC1CCCCC1. The Morgan fingerprint density at radius 1 is 1.07 bits per heavy atom. The molecule has 9 heteroatoms. The Bertz CT molecular complexity index is 717. The monoisotopic (exact) mass is 419 g/mol. The molecule has 2 N–H and O–H groups in total. The van der Waals surface area contributed by atoms with E-state index in [9.17, 15) is 24.0 Å². The molecule has 1 aliphatic heterocycles. The number of hydrogen-bond donors (Lipinski definition) is 2. The molecule has 3 aliphatic rings. The Hall–Kier alpha value is -2.71. The van der Waals surface area contributed by atoms with Gasteiger partial charge in [0.1, 0.15) is 0 Å². The predicted molar refractivity (Wildman–Crippen MR) is 106 cm³/mol. The molecule has 2 aliphatic carbocycles. The van der Waals surface area contributed by atoms with Gasteiger partial charge < -0.3 is 10.1 Å². The molecule has 2 fully saturated rings. The van der Waals surface area contributed by atoms with Gasteiger partial charge in [-0.05, 0) is 32.6 Å². The molecule has 0 unspecified atom stereocenters. The van der Waals surface area contributed by atoms with E-state index in [0.29, 0.717) is 12.8 Å². The van der Waals surface area contributed by atoms with Gasteiger partial charge in [-0.1, -0.05) is 31.4 Å². The van der Waals surface area contributed by atoms with Crippen molar-refractivity contribution in [2.45, 2.75) is 70.4 Å². The molecular weight excluding hydrogens is 390 g/mol. The number of hydrogen-bond acceptors (Lipinski definition) is 6. The number of nitrogens with zero attached hydrogens (tertiary/aromatic N) is 1. The van der Waals surface area contributed by atoms with Crippen LogP contribution in [0.4, 0.5) is 4.79 Å². The quantitative estimate of drug-likeness (QED) is 0.381. The van der Waals surface area contributed by atoms with Gasteiger partial charge in [0.15, 0.2) is 6.10 Å². The zero-order valence-corrected chi connectivity index (χ0v) is 17.2. The van der Waals surface area contributed by atoms with Crippen LogP contribution in [0.15, 0.2) is 12.2 Å². The van der Waals surface area contributed by atoms with E-state index in [1.54, 1.807) is 0 Å². The van der Waals surface area contributed by atoms with Crippen LogP contribution in [0.2, 0.25) is 0 Å². The van der Waals surface area contributed by atoms with E-state index in [1.165, 1.54) is 6.92 Å². The Morgan fingerprint density at radius 2 is 1.67 bits per heavy atom. The van der Waals surface area contributed by atoms with E-state index in [4.69, 9.17) is 4.74 Å². The average Bonchev–Trinajstić information content (AvgIpc) is 2.97. The van der Waals surface area contributed by atoms with Crippen molar-refractivity contribution in [1.29, 1.82) is 0 Å². The summed E-state index contributed by atoms with van der Waals surface area (Å²) in [6, 6.07) is -0.543. The first-order chi connectivity index (χ1) is 14.4. The second-order valence-corrected chi connectivity index (χ2v) is 8.16. The minimum absolute atomic E-state index is 0.0545. The highest BCUT2D eigenvalue weighted by Crippen LogP contribution is 2.35. The lowest BCUT2D eigenvalue weighted by Crippen LogP contribution is -2.48. The first-order valence-corrected chi connectivity index (χ1v) is 10.7. The molecule has 3 atom stereocenters. The number of imide groups is 2. The normalized spacial score (nSPS) is 24.9. The molecule has 0 aromatic carbocycles. The van der Waals surface area contributed by atoms with Gasteiger partial charge in [-0.15, -0.1) is 0 Å². The van der Waals surface area contributed by atoms with Crippen LogP contribution < -0.4 is 10.6 Å². The highest BCUT2D eigenvalue weighted by molar-refractivity contribution is 6.05. The van der Waals surface area contributed by atoms with Crippen LogP contribution >= 0.6 is 0 Å². The molecule has 9 nitrogen and oxygen atoms in total. The van der Waals surface area contributed by atoms with E-state index in [0.717, 1.165) is 37.0 Å². The summed E-state index contributed by atoms with van der Waals surface area (Å²) in [5.41, 5.74) is 0. The number of likely N-dealkylation sites (tertiary alicyclic amines) is 1. The molecule has 3 rings (SSSR count). The summed E-state index contributed by atoms with van der Waals surface area (Å²) in [7, 11) is 0. The fourth-order valence-corrected chi connectivity index (χ4v) is 4.28. The van der Waals surface area contributed by atoms with Gasteiger partial charge in [0.25, 0.3) is 5.91 Å². The zero-order valence-electron chi connectivity index (χ0n) is 17.2. The summed E-state index contributed by atoms with van der Waals surface area (Å²) in [4.78, 5) is 62.0. The lowest BCUT2D eigenvalue weighted by Gasteiger charge is -2.23. The molecule has 30 heavy (non-hydrogen) atoms. The van der Waals surface area contributed by atoms with Crippen molar-refractivity contribution >= 4 is 29.7 Å². The summed E-state index contributed by atoms with van der Waals surface area (Å²) < 4.78 is 5.06. The zero-order chi connectivity index (χ0) is 21.7. The third kappa shape index (κ3) is 5.25. The van der Waals surface area contributed by atoms with Crippen LogP contribution in [-0.2, 0) is 23.9 Å². The van der Waals surface area contributed by atoms with Gasteiger partial charge in [0.2, 0.25) is 11.8 Å². The number of carbonyl (C=O) groups excluding carboxylic acids is 5. The fourth-order valence-electron chi connectivity index (χ4n) is 4.28. The number of rotatable bonds is 6. The summed E-state index contributed by atoms with van der Waals surface area (Å²) in [5, 5.41) is 4.94. The molecule has 0 bridgehead atoms. The van der Waals surface area contributed by atoms with E-state index in [-0.39, 0.29) is 42.7 Å². The molecule has 1 heterocycles. The van der Waals surface area contributed by atoms with E-state index < -0.39 is 24.0 Å². The van der Waals surface area contributed by atoms with Crippen molar-refractivity contribution in [1.82, 2.24) is 15.5 Å². The maximum Gasteiger partial charge on any atom is 0.321 e. The predicted octanol–water partition coefficient (Wildman–Crippen LogP) is 1.42. The molecule has 0 radical (unpaired) electrons. The van der Waals surface area contributed by atoms with E-state index in [1.807, 2.05) is 12.2 Å². The van der Waals surface area contributed by atoms with Gasteiger partial charge >= 0.3 is 12.0 Å². The van der Waals surface area contributed by atoms with Gasteiger partial charge in [-0.3, -0.25) is 29.4 Å². The second kappa shape index (κ2) is 9.86. The smallest absolute Gasteiger partial charge is 0.321 e. The van der Waals surface area contributed by atoms with Gasteiger partial charge in [-0.2, -0.15) is 0 Å². The summed E-state index contributed by atoms with van der Waals surface area (Å²) in [5.74, 6) is -2.63. The lowest BCUT2D eigenvalue weighted by molar-refractivity contribution is -0.155. The Kier molecular flexibility index (Phi) is 7.23. The highest BCUT2D eigenvalue weighted by Gasteiger charge is 2.47. The van der Waals surface area contributed by atoms with Crippen molar-refractivity contribution in [3.8, 4) is 0 Å². The Balaban J connectivity index is 1.39. The number of esters is 1. The van der Waals surface area contributed by atoms with E-state index in [2.05, 4.69) is 10.6 Å². The lowest BCUT2D eigenvalue weighted by atomic mass is 9.85.